The van der Waals surface area contributed by atoms with Crippen LogP contribution in [0, 0.1) is 0 Å². The molecule has 1 heterocycles. The summed E-state index contributed by atoms with van der Waals surface area (Å²) in [5.74, 6) is 0.270. The van der Waals surface area contributed by atoms with Crippen molar-refractivity contribution in [2.75, 3.05) is 10.0 Å². The third kappa shape index (κ3) is 4.40. The van der Waals surface area contributed by atoms with Gasteiger partial charge in [-0.25, -0.2) is 13.1 Å². The van der Waals surface area contributed by atoms with Crippen molar-refractivity contribution < 1.29 is 13.2 Å². The number of hydrogen-bond acceptors (Lipinski definition) is 4. The molecule has 1 aromatic heterocycles. The molecule has 0 aliphatic heterocycles. The average Bonchev–Trinajstić information content (AvgIpc) is 3.16. The number of carbonyl (C=O) groups is 1. The Kier molecular flexibility index (Phi) is 5.79. The maximum Gasteiger partial charge on any atom is 0.261 e. The summed E-state index contributed by atoms with van der Waals surface area (Å²) in [6.45, 7) is 4.06. The molecule has 0 saturated heterocycles. The zero-order valence-corrected chi connectivity index (χ0v) is 16.5. The molecule has 7 nitrogen and oxygen atoms in total. The molecule has 0 fully saturated rings. The highest BCUT2D eigenvalue weighted by molar-refractivity contribution is 7.92. The minimum atomic E-state index is -3.72. The lowest BCUT2D eigenvalue weighted by atomic mass is 10.2. The van der Waals surface area contributed by atoms with Gasteiger partial charge >= 0.3 is 0 Å². The Hall–Kier alpha value is -3.13. The highest BCUT2D eigenvalue weighted by Gasteiger charge is 2.16. The minimum Gasteiger partial charge on any atom is -0.307 e. The fourth-order valence-corrected chi connectivity index (χ4v) is 3.69. The van der Waals surface area contributed by atoms with Gasteiger partial charge in [0.05, 0.1) is 17.1 Å². The number of para-hydroxylation sites is 1. The molecule has 3 aromatic rings. The molecule has 0 aliphatic carbocycles. The van der Waals surface area contributed by atoms with E-state index < -0.39 is 10.0 Å². The van der Waals surface area contributed by atoms with Crippen molar-refractivity contribution in [3.05, 3.63) is 72.4 Å². The summed E-state index contributed by atoms with van der Waals surface area (Å²) in [6, 6.07) is 16.3. The Balaban J connectivity index is 1.74. The van der Waals surface area contributed by atoms with Crippen LogP contribution >= 0.6 is 0 Å². The van der Waals surface area contributed by atoms with Gasteiger partial charge in [-0.2, -0.15) is 5.10 Å². The van der Waals surface area contributed by atoms with Gasteiger partial charge in [0.2, 0.25) is 0 Å². The monoisotopic (exact) mass is 398 g/mol. The van der Waals surface area contributed by atoms with Crippen molar-refractivity contribution >= 4 is 27.4 Å². The molecule has 146 valence electrons. The molecule has 8 heteroatoms. The van der Waals surface area contributed by atoms with Crippen molar-refractivity contribution in [3.63, 3.8) is 0 Å². The fourth-order valence-electron chi connectivity index (χ4n) is 2.63. The average molecular weight is 398 g/mol. The van der Waals surface area contributed by atoms with Crippen LogP contribution in [0.5, 0.6) is 0 Å². The molecular weight excluding hydrogens is 376 g/mol. The Bertz CT molecular complexity index is 1040. The molecule has 2 aromatic carbocycles. The first kappa shape index (κ1) is 19.6. The molecule has 1 unspecified atom stereocenters. The quantitative estimate of drug-likeness (QED) is 0.631. The molecule has 2 N–H and O–H groups in total. The summed E-state index contributed by atoms with van der Waals surface area (Å²) in [5.41, 5.74) is 0.832. The summed E-state index contributed by atoms with van der Waals surface area (Å²) < 4.78 is 29.2. The van der Waals surface area contributed by atoms with Crippen molar-refractivity contribution in [1.82, 2.24) is 9.78 Å². The van der Waals surface area contributed by atoms with Gasteiger partial charge in [-0.15, -0.1) is 0 Å². The first-order valence-electron chi connectivity index (χ1n) is 8.93. The normalized spacial score (nSPS) is 12.4. The molecular formula is C20H22N4O3S. The van der Waals surface area contributed by atoms with E-state index in [1.165, 1.54) is 24.3 Å². The maximum atomic E-state index is 12.5. The molecule has 1 atom stereocenters. The van der Waals surface area contributed by atoms with Gasteiger partial charge in [0.25, 0.3) is 15.9 Å². The van der Waals surface area contributed by atoms with E-state index in [1.807, 2.05) is 13.8 Å². The summed E-state index contributed by atoms with van der Waals surface area (Å²) in [4.78, 5) is 12.6. The van der Waals surface area contributed by atoms with Gasteiger partial charge in [-0.1, -0.05) is 25.1 Å². The van der Waals surface area contributed by atoms with Crippen molar-refractivity contribution in [2.45, 2.75) is 31.2 Å². The second-order valence-electron chi connectivity index (χ2n) is 6.37. The molecule has 3 rings (SSSR count). The number of nitrogens with one attached hydrogen (secondary N) is 2. The molecule has 0 saturated carbocycles. The zero-order valence-electron chi connectivity index (χ0n) is 15.7. The number of amides is 1. The highest BCUT2D eigenvalue weighted by Crippen LogP contribution is 2.19. The minimum absolute atomic E-state index is 0.0811. The number of aromatic nitrogens is 2. The topological polar surface area (TPSA) is 93.1 Å². The first-order chi connectivity index (χ1) is 13.4. The summed E-state index contributed by atoms with van der Waals surface area (Å²) in [7, 11) is -3.72. The van der Waals surface area contributed by atoms with Crippen molar-refractivity contribution in [3.8, 4) is 0 Å². The number of hydrogen-bond donors (Lipinski definition) is 2. The van der Waals surface area contributed by atoms with Crippen LogP contribution in [-0.4, -0.2) is 24.1 Å². The molecule has 0 radical (unpaired) electrons. The highest BCUT2D eigenvalue weighted by atomic mass is 32.2. The van der Waals surface area contributed by atoms with Crippen molar-refractivity contribution in [2.24, 2.45) is 0 Å². The first-order valence-corrected chi connectivity index (χ1v) is 10.4. The third-order valence-electron chi connectivity index (χ3n) is 4.37. The van der Waals surface area contributed by atoms with Crippen LogP contribution in [0.4, 0.5) is 11.5 Å². The largest absolute Gasteiger partial charge is 0.307 e. The van der Waals surface area contributed by atoms with E-state index in [0.29, 0.717) is 17.1 Å². The lowest BCUT2D eigenvalue weighted by Crippen LogP contribution is -2.18. The van der Waals surface area contributed by atoms with Crippen LogP contribution in [0.2, 0.25) is 0 Å². The van der Waals surface area contributed by atoms with Crippen LogP contribution in [0.15, 0.2) is 71.8 Å². The van der Waals surface area contributed by atoms with Gasteiger partial charge in [0.1, 0.15) is 5.82 Å². The van der Waals surface area contributed by atoms with E-state index in [4.69, 9.17) is 0 Å². The lowest BCUT2D eigenvalue weighted by molar-refractivity contribution is 0.102. The van der Waals surface area contributed by atoms with Crippen LogP contribution in [0.1, 0.15) is 36.7 Å². The number of nitrogens with zero attached hydrogens (tertiary/aromatic N) is 2. The van der Waals surface area contributed by atoms with Crippen LogP contribution in [0.3, 0.4) is 0 Å². The number of anilines is 2. The predicted molar refractivity (Wildman–Crippen MR) is 109 cm³/mol. The molecule has 0 bridgehead atoms. The molecule has 0 spiro atoms. The number of rotatable bonds is 7. The standard InChI is InChI=1S/C20H22N4O3S/c1-3-15(2)24-19(13-14-21-24)22-20(25)16-9-11-18(12-10-16)28(26,27)23-17-7-5-4-6-8-17/h4-15,23H,3H2,1-2H3,(H,22,25). The number of benzene rings is 2. The summed E-state index contributed by atoms with van der Waals surface area (Å²) in [5, 5.41) is 7.05. The summed E-state index contributed by atoms with van der Waals surface area (Å²) in [6.07, 6.45) is 2.51. The number of sulfonamides is 1. The van der Waals surface area contributed by atoms with E-state index >= 15 is 0 Å². The summed E-state index contributed by atoms with van der Waals surface area (Å²) >= 11 is 0. The van der Waals surface area contributed by atoms with Crippen molar-refractivity contribution in [1.29, 1.82) is 0 Å². The Morgan fingerprint density at radius 3 is 2.39 bits per heavy atom. The van der Waals surface area contributed by atoms with Gasteiger partial charge in [0, 0.05) is 17.3 Å². The fraction of sp³-hybridized carbons (Fsp3) is 0.200. The Morgan fingerprint density at radius 2 is 1.75 bits per heavy atom. The van der Waals surface area contributed by atoms with Gasteiger partial charge in [-0.05, 0) is 49.7 Å². The van der Waals surface area contributed by atoms with Gasteiger partial charge in [-0.3, -0.25) is 9.52 Å². The Labute approximate surface area is 164 Å². The molecule has 28 heavy (non-hydrogen) atoms. The lowest BCUT2D eigenvalue weighted by Gasteiger charge is -2.14. The van der Waals surface area contributed by atoms with Crippen LogP contribution in [0.25, 0.3) is 0 Å². The third-order valence-corrected chi connectivity index (χ3v) is 5.77. The van der Waals surface area contributed by atoms with E-state index in [9.17, 15) is 13.2 Å². The zero-order chi connectivity index (χ0) is 20.1. The smallest absolute Gasteiger partial charge is 0.261 e. The molecule has 0 aliphatic rings. The maximum absolute atomic E-state index is 12.5. The van der Waals surface area contributed by atoms with Crippen LogP contribution in [-0.2, 0) is 10.0 Å². The second-order valence-corrected chi connectivity index (χ2v) is 8.05. The SMILES string of the molecule is CCC(C)n1nccc1NC(=O)c1ccc(S(=O)(=O)Nc2ccccc2)cc1. The van der Waals surface area contributed by atoms with E-state index in [1.54, 1.807) is 47.3 Å². The van der Waals surface area contributed by atoms with Crippen LogP contribution < -0.4 is 10.0 Å². The van der Waals surface area contributed by atoms with E-state index in [-0.39, 0.29) is 16.8 Å². The second kappa shape index (κ2) is 8.26. The van der Waals surface area contributed by atoms with Gasteiger partial charge < -0.3 is 5.32 Å². The number of carbonyl (C=O) groups excluding carboxylic acids is 1. The van der Waals surface area contributed by atoms with E-state index in [0.717, 1.165) is 6.42 Å². The Morgan fingerprint density at radius 1 is 1.07 bits per heavy atom. The van der Waals surface area contributed by atoms with Gasteiger partial charge in [0.15, 0.2) is 0 Å². The van der Waals surface area contributed by atoms with E-state index in [2.05, 4.69) is 15.1 Å². The molecule has 1 amide bonds. The predicted octanol–water partition coefficient (Wildman–Crippen LogP) is 3.91.